The lowest BCUT2D eigenvalue weighted by atomic mass is 9.81. The van der Waals surface area contributed by atoms with E-state index in [0.717, 1.165) is 36.6 Å². The van der Waals surface area contributed by atoms with Crippen LogP contribution in [0.3, 0.4) is 0 Å². The number of carbonyl (C=O) groups is 1. The second-order valence-corrected chi connectivity index (χ2v) is 9.15. The highest BCUT2D eigenvalue weighted by Crippen LogP contribution is 2.27. The van der Waals surface area contributed by atoms with Gasteiger partial charge in [0.05, 0.1) is 24.2 Å². The van der Waals surface area contributed by atoms with E-state index < -0.39 is 5.41 Å². The van der Waals surface area contributed by atoms with Gasteiger partial charge in [0.1, 0.15) is 5.58 Å². The van der Waals surface area contributed by atoms with Gasteiger partial charge in [0.15, 0.2) is 0 Å². The minimum atomic E-state index is -0.455. The number of fused-ring (bicyclic) bond motifs is 1. The first-order chi connectivity index (χ1) is 15.8. The molecule has 0 saturated heterocycles. The number of carbonyl (C=O) groups excluding carboxylic acids is 1. The summed E-state index contributed by atoms with van der Waals surface area (Å²) in [7, 11) is 0. The Morgan fingerprint density at radius 1 is 1.03 bits per heavy atom. The van der Waals surface area contributed by atoms with Crippen molar-refractivity contribution in [1.29, 1.82) is 0 Å². The van der Waals surface area contributed by atoms with E-state index in [1.165, 1.54) is 0 Å². The number of ether oxygens (including phenoxy) is 2. The number of pyridine rings is 1. The summed E-state index contributed by atoms with van der Waals surface area (Å²) in [5.74, 6) is 0.540. The summed E-state index contributed by atoms with van der Waals surface area (Å²) < 4.78 is 16.6. The maximum Gasteiger partial charge on any atom is 0.344 e. The number of esters is 1. The zero-order valence-electron chi connectivity index (χ0n) is 19.9. The number of aromatic nitrogens is 1. The third-order valence-electron chi connectivity index (χ3n) is 6.17. The smallest absolute Gasteiger partial charge is 0.344 e. The molecular weight excluding hydrogens is 418 g/mol. The fraction of sp³-hybridized carbons (Fsp3) is 0.444. The zero-order chi connectivity index (χ0) is 23.8. The summed E-state index contributed by atoms with van der Waals surface area (Å²) in [5, 5.41) is 0.746. The Balaban J connectivity index is 1.42. The molecule has 0 aliphatic rings. The Hall–Kier alpha value is -3.15. The van der Waals surface area contributed by atoms with E-state index in [1.54, 1.807) is 18.3 Å². The molecule has 3 rings (SSSR count). The van der Waals surface area contributed by atoms with Gasteiger partial charge >= 0.3 is 11.6 Å². The lowest BCUT2D eigenvalue weighted by molar-refractivity contribution is -0.156. The average molecular weight is 452 g/mol. The summed E-state index contributed by atoms with van der Waals surface area (Å²) in [6.45, 7) is 8.87. The van der Waals surface area contributed by atoms with E-state index in [0.29, 0.717) is 30.2 Å². The van der Waals surface area contributed by atoms with Crippen LogP contribution in [0.4, 0.5) is 0 Å². The van der Waals surface area contributed by atoms with Gasteiger partial charge in [-0.05, 0) is 57.1 Å². The van der Waals surface area contributed by atoms with Crippen LogP contribution < -0.4 is 10.4 Å². The van der Waals surface area contributed by atoms with Gasteiger partial charge in [-0.15, -0.1) is 0 Å². The van der Waals surface area contributed by atoms with Crippen LogP contribution in [-0.2, 0) is 9.53 Å². The summed E-state index contributed by atoms with van der Waals surface area (Å²) >= 11 is 0. The molecule has 33 heavy (non-hydrogen) atoms. The molecule has 0 atom stereocenters. The lowest BCUT2D eigenvalue weighted by Gasteiger charge is -2.26. The molecule has 0 fully saturated rings. The molecule has 0 amide bonds. The predicted octanol–water partition coefficient (Wildman–Crippen LogP) is 6.02. The molecule has 6 heteroatoms. The Kier molecular flexibility index (Phi) is 8.26. The highest BCUT2D eigenvalue weighted by Gasteiger charge is 2.32. The van der Waals surface area contributed by atoms with Crippen molar-refractivity contribution in [2.45, 2.75) is 53.4 Å². The zero-order valence-corrected chi connectivity index (χ0v) is 19.9. The molecule has 1 aromatic carbocycles. The van der Waals surface area contributed by atoms with Gasteiger partial charge in [0, 0.05) is 17.6 Å². The number of benzene rings is 1. The average Bonchev–Trinajstić information content (AvgIpc) is 2.80. The molecule has 0 unspecified atom stereocenters. The van der Waals surface area contributed by atoms with Crippen molar-refractivity contribution in [1.82, 2.24) is 4.98 Å². The first-order valence-corrected chi connectivity index (χ1v) is 11.6. The first-order valence-electron chi connectivity index (χ1n) is 11.6. The van der Waals surface area contributed by atoms with E-state index in [1.807, 2.05) is 58.0 Å². The normalized spacial score (nSPS) is 11.7. The quantitative estimate of drug-likeness (QED) is 0.262. The Morgan fingerprint density at radius 2 is 1.73 bits per heavy atom. The molecular formula is C27H33NO5. The van der Waals surface area contributed by atoms with Gasteiger partial charge in [0.2, 0.25) is 5.88 Å². The molecule has 0 saturated carbocycles. The highest BCUT2D eigenvalue weighted by atomic mass is 16.5. The third-order valence-corrected chi connectivity index (χ3v) is 6.17. The SMILES string of the molecule is CC(C)C(C)(C)C(=O)OCCCCCCOc1cc2oc(=O)c(-c3ccccc3)cc2cn1. The molecule has 3 aromatic rings. The number of unbranched alkanes of at least 4 members (excludes halogenated alkanes) is 3. The molecule has 0 spiro atoms. The van der Waals surface area contributed by atoms with Crippen LogP contribution >= 0.6 is 0 Å². The standard InChI is InChI=1S/C27H33NO5/c1-19(2)27(3,4)26(30)32-15-11-6-5-10-14-31-24-17-23-21(18-28-24)16-22(25(29)33-23)20-12-8-7-9-13-20/h7-9,12-13,16-19H,5-6,10-11,14-15H2,1-4H3. The Bertz CT molecular complexity index is 1120. The van der Waals surface area contributed by atoms with Crippen LogP contribution in [0.1, 0.15) is 53.4 Å². The van der Waals surface area contributed by atoms with E-state index >= 15 is 0 Å². The van der Waals surface area contributed by atoms with Crippen LogP contribution in [0.15, 0.2) is 57.9 Å². The van der Waals surface area contributed by atoms with Crippen molar-refractivity contribution in [2.24, 2.45) is 11.3 Å². The summed E-state index contributed by atoms with van der Waals surface area (Å²) in [6, 6.07) is 12.9. The van der Waals surface area contributed by atoms with Crippen molar-refractivity contribution in [3.05, 3.63) is 59.1 Å². The Labute approximate surface area is 194 Å². The monoisotopic (exact) mass is 451 g/mol. The fourth-order valence-electron chi connectivity index (χ4n) is 3.21. The number of rotatable bonds is 11. The molecule has 0 aliphatic carbocycles. The topological polar surface area (TPSA) is 78.6 Å². The molecule has 0 radical (unpaired) electrons. The lowest BCUT2D eigenvalue weighted by Crippen LogP contribution is -2.32. The van der Waals surface area contributed by atoms with E-state index in [9.17, 15) is 9.59 Å². The van der Waals surface area contributed by atoms with Crippen molar-refractivity contribution >= 4 is 16.9 Å². The maximum atomic E-state index is 12.4. The van der Waals surface area contributed by atoms with Gasteiger partial charge in [-0.2, -0.15) is 0 Å². The summed E-state index contributed by atoms with van der Waals surface area (Å²) in [4.78, 5) is 28.9. The minimum Gasteiger partial charge on any atom is -0.478 e. The van der Waals surface area contributed by atoms with Crippen molar-refractivity contribution in [3.63, 3.8) is 0 Å². The van der Waals surface area contributed by atoms with Crippen molar-refractivity contribution < 1.29 is 18.7 Å². The summed E-state index contributed by atoms with van der Waals surface area (Å²) in [6.07, 6.45) is 5.29. The third kappa shape index (κ3) is 6.44. The van der Waals surface area contributed by atoms with Crippen LogP contribution in [-0.4, -0.2) is 24.2 Å². The summed E-state index contributed by atoms with van der Waals surface area (Å²) in [5.41, 5.74) is 0.936. The van der Waals surface area contributed by atoms with Crippen molar-refractivity contribution in [2.75, 3.05) is 13.2 Å². The Morgan fingerprint density at radius 3 is 2.42 bits per heavy atom. The second kappa shape index (κ2) is 11.1. The number of hydrogen-bond acceptors (Lipinski definition) is 6. The molecule has 0 aliphatic heterocycles. The highest BCUT2D eigenvalue weighted by molar-refractivity contribution is 5.81. The van der Waals surface area contributed by atoms with Crippen LogP contribution in [0.5, 0.6) is 5.88 Å². The molecule has 176 valence electrons. The molecule has 2 heterocycles. The second-order valence-electron chi connectivity index (χ2n) is 9.15. The predicted molar refractivity (Wildman–Crippen MR) is 129 cm³/mol. The van der Waals surface area contributed by atoms with Crippen LogP contribution in [0, 0.1) is 11.3 Å². The molecule has 6 nitrogen and oxygen atoms in total. The molecule has 0 bridgehead atoms. The van der Waals surface area contributed by atoms with Crippen molar-refractivity contribution in [3.8, 4) is 17.0 Å². The van der Waals surface area contributed by atoms with Crippen LogP contribution in [0.2, 0.25) is 0 Å². The van der Waals surface area contributed by atoms with Gasteiger partial charge in [-0.25, -0.2) is 9.78 Å². The number of nitrogens with zero attached hydrogens (tertiary/aromatic N) is 1. The largest absolute Gasteiger partial charge is 0.478 e. The molecule has 0 N–H and O–H groups in total. The van der Waals surface area contributed by atoms with Gasteiger partial charge in [0.25, 0.3) is 0 Å². The molecule has 2 aromatic heterocycles. The maximum absolute atomic E-state index is 12.4. The van der Waals surface area contributed by atoms with Gasteiger partial charge < -0.3 is 13.9 Å². The minimum absolute atomic E-state index is 0.134. The first kappa shape index (κ1) is 24.5. The van der Waals surface area contributed by atoms with Gasteiger partial charge in [-0.1, -0.05) is 44.2 Å². The van der Waals surface area contributed by atoms with Crippen LogP contribution in [0.25, 0.3) is 22.1 Å². The number of hydrogen-bond donors (Lipinski definition) is 0. The van der Waals surface area contributed by atoms with E-state index in [-0.39, 0.29) is 17.5 Å². The van der Waals surface area contributed by atoms with E-state index in [4.69, 9.17) is 13.9 Å². The van der Waals surface area contributed by atoms with Gasteiger partial charge in [-0.3, -0.25) is 4.79 Å². The fourth-order valence-corrected chi connectivity index (χ4v) is 3.21. The van der Waals surface area contributed by atoms with E-state index in [2.05, 4.69) is 4.98 Å².